The maximum absolute atomic E-state index is 12.2. The van der Waals surface area contributed by atoms with Crippen molar-refractivity contribution >= 4 is 33.0 Å². The van der Waals surface area contributed by atoms with Crippen LogP contribution in [0.2, 0.25) is 5.02 Å². The molecule has 2 aromatic rings. The van der Waals surface area contributed by atoms with E-state index in [9.17, 15) is 8.42 Å². The number of anilines is 2. The summed E-state index contributed by atoms with van der Waals surface area (Å²) in [6.45, 7) is 0. The molecule has 5 nitrogen and oxygen atoms in total. The molecule has 106 valence electrons. The smallest absolute Gasteiger partial charge is 0.261 e. The Bertz CT molecular complexity index is 715. The van der Waals surface area contributed by atoms with Crippen molar-refractivity contribution in [2.45, 2.75) is 4.90 Å². The summed E-state index contributed by atoms with van der Waals surface area (Å²) in [6.07, 6.45) is 0. The van der Waals surface area contributed by atoms with Crippen LogP contribution in [0.4, 0.5) is 11.4 Å². The summed E-state index contributed by atoms with van der Waals surface area (Å²) in [5, 5.41) is 0.463. The first-order chi connectivity index (χ1) is 9.42. The molecule has 0 spiro atoms. The molecule has 0 aliphatic heterocycles. The average Bonchev–Trinajstić information content (AvgIpc) is 2.41. The molecule has 0 aliphatic carbocycles. The lowest BCUT2D eigenvalue weighted by atomic mass is 10.2. The molecule has 0 unspecified atom stereocenters. The van der Waals surface area contributed by atoms with Crippen molar-refractivity contribution in [3.8, 4) is 5.75 Å². The molecule has 0 aromatic heterocycles. The summed E-state index contributed by atoms with van der Waals surface area (Å²) in [7, 11) is -2.23. The van der Waals surface area contributed by atoms with Crippen molar-refractivity contribution in [1.29, 1.82) is 0 Å². The Kier molecular flexibility index (Phi) is 4.06. The number of nitrogen functional groups attached to an aromatic ring is 1. The molecule has 20 heavy (non-hydrogen) atoms. The zero-order valence-electron chi connectivity index (χ0n) is 10.6. The number of ether oxygens (including phenoxy) is 1. The Balaban J connectivity index is 2.35. The van der Waals surface area contributed by atoms with E-state index in [-0.39, 0.29) is 10.6 Å². The predicted molar refractivity (Wildman–Crippen MR) is 79.7 cm³/mol. The molecule has 0 atom stereocenters. The highest BCUT2D eigenvalue weighted by Crippen LogP contribution is 2.27. The fourth-order valence-electron chi connectivity index (χ4n) is 1.57. The van der Waals surface area contributed by atoms with Crippen LogP contribution in [0.15, 0.2) is 47.4 Å². The van der Waals surface area contributed by atoms with Crippen LogP contribution in [-0.2, 0) is 10.0 Å². The van der Waals surface area contributed by atoms with E-state index in [0.717, 1.165) is 0 Å². The summed E-state index contributed by atoms with van der Waals surface area (Å²) in [5.74, 6) is 0.507. The molecular formula is C13H13ClN2O3S. The molecule has 0 aliphatic rings. The van der Waals surface area contributed by atoms with Gasteiger partial charge in [-0.25, -0.2) is 8.42 Å². The van der Waals surface area contributed by atoms with Crippen LogP contribution in [0.25, 0.3) is 0 Å². The van der Waals surface area contributed by atoms with Gasteiger partial charge in [-0.3, -0.25) is 4.72 Å². The van der Waals surface area contributed by atoms with E-state index >= 15 is 0 Å². The Morgan fingerprint density at radius 3 is 2.40 bits per heavy atom. The number of sulfonamides is 1. The van der Waals surface area contributed by atoms with E-state index in [2.05, 4.69) is 4.72 Å². The molecule has 0 heterocycles. The van der Waals surface area contributed by atoms with Crippen molar-refractivity contribution in [1.82, 2.24) is 0 Å². The molecule has 0 radical (unpaired) electrons. The first kappa shape index (κ1) is 14.5. The van der Waals surface area contributed by atoms with Crippen LogP contribution >= 0.6 is 11.6 Å². The van der Waals surface area contributed by atoms with Gasteiger partial charge in [0.15, 0.2) is 0 Å². The van der Waals surface area contributed by atoms with Gasteiger partial charge in [0.25, 0.3) is 10.0 Å². The summed E-state index contributed by atoms with van der Waals surface area (Å²) >= 11 is 5.73. The standard InChI is InChI=1S/C13H13ClN2O3S/c1-19-10-4-7-12(15)13(8-10)16-20(17,18)11-5-2-9(14)3-6-11/h2-8,16H,15H2,1H3. The van der Waals surface area contributed by atoms with Crippen molar-refractivity contribution in [2.24, 2.45) is 0 Å². The molecule has 0 bridgehead atoms. The van der Waals surface area contributed by atoms with E-state index in [4.69, 9.17) is 22.1 Å². The minimum Gasteiger partial charge on any atom is -0.497 e. The molecule has 3 N–H and O–H groups in total. The van der Waals surface area contributed by atoms with Crippen LogP contribution in [-0.4, -0.2) is 15.5 Å². The Labute approximate surface area is 122 Å². The molecule has 0 amide bonds. The lowest BCUT2D eigenvalue weighted by Gasteiger charge is -2.11. The Morgan fingerprint density at radius 1 is 1.15 bits per heavy atom. The van der Waals surface area contributed by atoms with Crippen molar-refractivity contribution < 1.29 is 13.2 Å². The minimum atomic E-state index is -3.72. The van der Waals surface area contributed by atoms with E-state index in [0.29, 0.717) is 16.5 Å². The topological polar surface area (TPSA) is 81.4 Å². The molecule has 0 saturated heterocycles. The fraction of sp³-hybridized carbons (Fsp3) is 0.0769. The van der Waals surface area contributed by atoms with Crippen molar-refractivity contribution in [3.05, 3.63) is 47.5 Å². The number of methoxy groups -OCH3 is 1. The number of nitrogens with one attached hydrogen (secondary N) is 1. The maximum atomic E-state index is 12.2. The second-order valence-corrected chi connectivity index (χ2v) is 6.13. The molecule has 2 rings (SSSR count). The maximum Gasteiger partial charge on any atom is 0.261 e. The van der Waals surface area contributed by atoms with Gasteiger partial charge in [0.05, 0.1) is 23.4 Å². The molecular weight excluding hydrogens is 300 g/mol. The largest absolute Gasteiger partial charge is 0.497 e. The first-order valence-electron chi connectivity index (χ1n) is 5.64. The SMILES string of the molecule is COc1ccc(N)c(NS(=O)(=O)c2ccc(Cl)cc2)c1. The zero-order chi connectivity index (χ0) is 14.8. The predicted octanol–water partition coefficient (Wildman–Crippen LogP) is 2.73. The van der Waals surface area contributed by atoms with Gasteiger partial charge >= 0.3 is 0 Å². The van der Waals surface area contributed by atoms with Gasteiger partial charge in [-0.05, 0) is 36.4 Å². The first-order valence-corrected chi connectivity index (χ1v) is 7.50. The van der Waals surface area contributed by atoms with Crippen molar-refractivity contribution in [2.75, 3.05) is 17.6 Å². The zero-order valence-corrected chi connectivity index (χ0v) is 12.2. The average molecular weight is 313 g/mol. The number of halogens is 1. The van der Waals surface area contributed by atoms with Gasteiger partial charge in [-0.2, -0.15) is 0 Å². The third-order valence-electron chi connectivity index (χ3n) is 2.63. The van der Waals surface area contributed by atoms with E-state index in [1.54, 1.807) is 12.1 Å². The molecule has 2 aromatic carbocycles. The highest BCUT2D eigenvalue weighted by molar-refractivity contribution is 7.92. The van der Waals surface area contributed by atoms with E-state index in [1.165, 1.54) is 37.4 Å². The second-order valence-electron chi connectivity index (χ2n) is 4.01. The number of hydrogen-bond acceptors (Lipinski definition) is 4. The number of benzene rings is 2. The van der Waals surface area contributed by atoms with Crippen LogP contribution in [0.5, 0.6) is 5.75 Å². The van der Waals surface area contributed by atoms with Crippen LogP contribution in [0.3, 0.4) is 0 Å². The third kappa shape index (κ3) is 3.15. The second kappa shape index (κ2) is 5.60. The molecule has 0 fully saturated rings. The number of rotatable bonds is 4. The lowest BCUT2D eigenvalue weighted by molar-refractivity contribution is 0.415. The minimum absolute atomic E-state index is 0.101. The monoisotopic (exact) mass is 312 g/mol. The van der Waals surface area contributed by atoms with Crippen LogP contribution < -0.4 is 15.2 Å². The Hall–Kier alpha value is -1.92. The quantitative estimate of drug-likeness (QED) is 0.851. The molecule has 7 heteroatoms. The summed E-state index contributed by atoms with van der Waals surface area (Å²) in [5.41, 5.74) is 6.32. The molecule has 0 saturated carbocycles. The van der Waals surface area contributed by atoms with E-state index < -0.39 is 10.0 Å². The van der Waals surface area contributed by atoms with Gasteiger partial charge in [0, 0.05) is 11.1 Å². The van der Waals surface area contributed by atoms with Crippen molar-refractivity contribution in [3.63, 3.8) is 0 Å². The Morgan fingerprint density at radius 2 is 1.80 bits per heavy atom. The highest BCUT2D eigenvalue weighted by Gasteiger charge is 2.15. The fourth-order valence-corrected chi connectivity index (χ4v) is 2.77. The van der Waals surface area contributed by atoms with E-state index in [1.807, 2.05) is 0 Å². The number of nitrogens with two attached hydrogens (primary N) is 1. The summed E-state index contributed by atoms with van der Waals surface area (Å²) in [6, 6.07) is 10.6. The summed E-state index contributed by atoms with van der Waals surface area (Å²) < 4.78 is 31.9. The van der Waals surface area contributed by atoms with Gasteiger partial charge in [-0.15, -0.1) is 0 Å². The van der Waals surface area contributed by atoms with Gasteiger partial charge in [0.1, 0.15) is 5.75 Å². The lowest BCUT2D eigenvalue weighted by Crippen LogP contribution is -2.14. The third-order valence-corrected chi connectivity index (χ3v) is 4.26. The normalized spacial score (nSPS) is 11.1. The van der Waals surface area contributed by atoms with Gasteiger partial charge in [-0.1, -0.05) is 11.6 Å². The van der Waals surface area contributed by atoms with Gasteiger partial charge < -0.3 is 10.5 Å². The van der Waals surface area contributed by atoms with Crippen LogP contribution in [0, 0.1) is 0 Å². The number of hydrogen-bond donors (Lipinski definition) is 2. The van der Waals surface area contributed by atoms with Crippen LogP contribution in [0.1, 0.15) is 0 Å². The van der Waals surface area contributed by atoms with Gasteiger partial charge in [0.2, 0.25) is 0 Å². The highest BCUT2D eigenvalue weighted by atomic mass is 35.5. The summed E-state index contributed by atoms with van der Waals surface area (Å²) in [4.78, 5) is 0.101.